The highest BCUT2D eigenvalue weighted by Gasteiger charge is 2.26. The van der Waals surface area contributed by atoms with Gasteiger partial charge in [-0.25, -0.2) is 9.78 Å². The standard InChI is InChI=1S/C30H38N4O6/c1-18(2)39-25-15-23-22(14-24(25)27(31)36)20(16-32-28(23)38-17-21-8-9-26(35)33-21)7-6-19-10-12-34(13-11-19)29(37)40-30(3,4)5/h14-16,18-19,21H,8-13,17H2,1-5H3,(H2,31,36)(H,33,35)/t21-/m0/s1. The molecule has 3 amide bonds. The average molecular weight is 551 g/mol. The number of nitrogens with zero attached hydrogens (tertiary/aromatic N) is 2. The number of hydrogen-bond donors (Lipinski definition) is 2. The summed E-state index contributed by atoms with van der Waals surface area (Å²) in [5.41, 5.74) is 6.05. The summed E-state index contributed by atoms with van der Waals surface area (Å²) < 4.78 is 17.4. The maximum absolute atomic E-state index is 12.4. The van der Waals surface area contributed by atoms with Crippen LogP contribution in [0.15, 0.2) is 18.3 Å². The molecule has 0 unspecified atom stereocenters. The molecule has 0 aliphatic carbocycles. The quantitative estimate of drug-likeness (QED) is 0.523. The monoisotopic (exact) mass is 550 g/mol. The number of aromatic nitrogens is 1. The first-order valence-corrected chi connectivity index (χ1v) is 13.7. The lowest BCUT2D eigenvalue weighted by Gasteiger charge is -2.31. The van der Waals surface area contributed by atoms with Gasteiger partial charge in [0, 0.05) is 42.4 Å². The number of nitrogens with two attached hydrogens (primary N) is 1. The van der Waals surface area contributed by atoms with E-state index in [-0.39, 0.29) is 42.2 Å². The number of primary amides is 1. The normalized spacial score (nSPS) is 17.8. The molecule has 40 heavy (non-hydrogen) atoms. The number of piperidine rings is 1. The van der Waals surface area contributed by atoms with Crippen molar-refractivity contribution in [1.82, 2.24) is 15.2 Å². The zero-order chi connectivity index (χ0) is 29.0. The molecule has 3 N–H and O–H groups in total. The fourth-order valence-corrected chi connectivity index (χ4v) is 4.70. The largest absolute Gasteiger partial charge is 0.490 e. The minimum Gasteiger partial charge on any atom is -0.490 e. The lowest BCUT2D eigenvalue weighted by atomic mass is 9.96. The summed E-state index contributed by atoms with van der Waals surface area (Å²) in [4.78, 5) is 42.6. The number of rotatable bonds is 6. The Labute approximate surface area is 234 Å². The maximum atomic E-state index is 12.4. The van der Waals surface area contributed by atoms with Crippen LogP contribution in [0.3, 0.4) is 0 Å². The molecule has 0 radical (unpaired) electrons. The summed E-state index contributed by atoms with van der Waals surface area (Å²) in [6.07, 6.45) is 3.76. The van der Waals surface area contributed by atoms with E-state index in [4.69, 9.17) is 19.9 Å². The third kappa shape index (κ3) is 7.34. The van der Waals surface area contributed by atoms with Gasteiger partial charge in [-0.3, -0.25) is 9.59 Å². The summed E-state index contributed by atoms with van der Waals surface area (Å²) in [6.45, 7) is 10.7. The van der Waals surface area contributed by atoms with Crippen molar-refractivity contribution in [2.45, 2.75) is 78.0 Å². The number of hydrogen-bond acceptors (Lipinski definition) is 7. The number of fused-ring (bicyclic) bond motifs is 1. The van der Waals surface area contributed by atoms with Crippen LogP contribution in [0.1, 0.15) is 76.2 Å². The molecular formula is C30H38N4O6. The molecule has 214 valence electrons. The number of nitrogens with one attached hydrogen (secondary N) is 1. The van der Waals surface area contributed by atoms with E-state index in [2.05, 4.69) is 22.1 Å². The number of likely N-dealkylation sites (tertiary alicyclic amines) is 1. The van der Waals surface area contributed by atoms with Gasteiger partial charge in [0.2, 0.25) is 11.8 Å². The maximum Gasteiger partial charge on any atom is 0.410 e. The third-order valence-electron chi connectivity index (χ3n) is 6.64. The zero-order valence-electron chi connectivity index (χ0n) is 23.8. The Hall–Kier alpha value is -4.00. The van der Waals surface area contributed by atoms with Gasteiger partial charge in [-0.2, -0.15) is 0 Å². The summed E-state index contributed by atoms with van der Waals surface area (Å²) >= 11 is 0. The Kier molecular flexibility index (Phi) is 8.72. The van der Waals surface area contributed by atoms with Gasteiger partial charge in [-0.05, 0) is 66.0 Å². The molecule has 0 spiro atoms. The molecule has 10 heteroatoms. The number of pyridine rings is 1. The second-order valence-electron chi connectivity index (χ2n) is 11.5. The van der Waals surface area contributed by atoms with Crippen LogP contribution in [0.4, 0.5) is 4.79 Å². The Morgan fingerprint density at radius 2 is 1.90 bits per heavy atom. The van der Waals surface area contributed by atoms with Crippen LogP contribution in [-0.4, -0.2) is 65.2 Å². The van der Waals surface area contributed by atoms with Crippen molar-refractivity contribution in [3.63, 3.8) is 0 Å². The second-order valence-corrected chi connectivity index (χ2v) is 11.5. The molecule has 0 saturated carbocycles. The first kappa shape index (κ1) is 29.0. The van der Waals surface area contributed by atoms with Crippen molar-refractivity contribution in [3.05, 3.63) is 29.5 Å². The van der Waals surface area contributed by atoms with Gasteiger partial charge in [0.25, 0.3) is 5.91 Å². The Morgan fingerprint density at radius 3 is 2.50 bits per heavy atom. The number of carbonyl (C=O) groups is 3. The van der Waals surface area contributed by atoms with Crippen molar-refractivity contribution < 1.29 is 28.6 Å². The first-order chi connectivity index (χ1) is 18.9. The van der Waals surface area contributed by atoms with E-state index in [1.165, 1.54) is 0 Å². The smallest absolute Gasteiger partial charge is 0.410 e. The minimum absolute atomic E-state index is 0.00712. The van der Waals surface area contributed by atoms with Gasteiger partial charge in [-0.1, -0.05) is 11.8 Å². The van der Waals surface area contributed by atoms with Gasteiger partial charge < -0.3 is 30.2 Å². The van der Waals surface area contributed by atoms with Crippen LogP contribution >= 0.6 is 0 Å². The van der Waals surface area contributed by atoms with E-state index in [1.54, 1.807) is 23.2 Å². The number of benzene rings is 1. The fraction of sp³-hybridized carbons (Fsp3) is 0.533. The Balaban J connectivity index is 1.60. The van der Waals surface area contributed by atoms with Gasteiger partial charge >= 0.3 is 6.09 Å². The molecule has 2 fully saturated rings. The zero-order valence-corrected chi connectivity index (χ0v) is 23.8. The van der Waals surface area contributed by atoms with Crippen LogP contribution in [0.2, 0.25) is 0 Å². The molecule has 2 aromatic rings. The van der Waals surface area contributed by atoms with E-state index >= 15 is 0 Å². The molecule has 2 aliphatic rings. The number of carbonyl (C=O) groups excluding carboxylic acids is 3. The first-order valence-electron chi connectivity index (χ1n) is 13.7. The van der Waals surface area contributed by atoms with Crippen LogP contribution in [0, 0.1) is 17.8 Å². The fourth-order valence-electron chi connectivity index (χ4n) is 4.70. The molecule has 1 atom stereocenters. The molecule has 3 heterocycles. The highest BCUT2D eigenvalue weighted by atomic mass is 16.6. The van der Waals surface area contributed by atoms with Gasteiger partial charge in [0.1, 0.15) is 18.0 Å². The van der Waals surface area contributed by atoms with Gasteiger partial charge in [-0.15, -0.1) is 0 Å². The van der Waals surface area contributed by atoms with Crippen LogP contribution < -0.4 is 20.5 Å². The molecular weight excluding hydrogens is 512 g/mol. The van der Waals surface area contributed by atoms with Crippen LogP contribution in [0.5, 0.6) is 11.6 Å². The molecule has 10 nitrogen and oxygen atoms in total. The van der Waals surface area contributed by atoms with Gasteiger partial charge in [0.05, 0.1) is 23.3 Å². The van der Waals surface area contributed by atoms with Gasteiger partial charge in [0.15, 0.2) is 0 Å². The van der Waals surface area contributed by atoms with Crippen LogP contribution in [-0.2, 0) is 9.53 Å². The number of ether oxygens (including phenoxy) is 3. The molecule has 0 bridgehead atoms. The summed E-state index contributed by atoms with van der Waals surface area (Å²) in [7, 11) is 0. The van der Waals surface area contributed by atoms with E-state index < -0.39 is 11.5 Å². The highest BCUT2D eigenvalue weighted by molar-refractivity contribution is 6.03. The lowest BCUT2D eigenvalue weighted by Crippen LogP contribution is -2.41. The average Bonchev–Trinajstić information content (AvgIpc) is 3.29. The molecule has 4 rings (SSSR count). The van der Waals surface area contributed by atoms with E-state index in [9.17, 15) is 14.4 Å². The van der Waals surface area contributed by atoms with Crippen molar-refractivity contribution in [1.29, 1.82) is 0 Å². The van der Waals surface area contributed by atoms with E-state index in [0.717, 1.165) is 12.8 Å². The van der Waals surface area contributed by atoms with Crippen molar-refractivity contribution >= 4 is 28.7 Å². The van der Waals surface area contributed by atoms with Crippen molar-refractivity contribution in [3.8, 4) is 23.5 Å². The third-order valence-corrected chi connectivity index (χ3v) is 6.64. The second kappa shape index (κ2) is 12.0. The SMILES string of the molecule is CC(C)Oc1cc2c(OC[C@@H]3CCC(=O)N3)ncc(C#CC3CCN(C(=O)OC(C)(C)C)CC3)c2cc1C(N)=O. The molecule has 1 aromatic carbocycles. The van der Waals surface area contributed by atoms with E-state index in [0.29, 0.717) is 53.9 Å². The molecule has 2 aliphatic heterocycles. The van der Waals surface area contributed by atoms with Crippen LogP contribution in [0.25, 0.3) is 10.8 Å². The summed E-state index contributed by atoms with van der Waals surface area (Å²) in [6, 6.07) is 3.30. The Morgan fingerprint density at radius 1 is 1.18 bits per heavy atom. The Bertz CT molecular complexity index is 1350. The van der Waals surface area contributed by atoms with Crippen molar-refractivity contribution in [2.75, 3.05) is 19.7 Å². The van der Waals surface area contributed by atoms with E-state index in [1.807, 2.05) is 34.6 Å². The summed E-state index contributed by atoms with van der Waals surface area (Å²) in [5, 5.41) is 4.20. The van der Waals surface area contributed by atoms with Crippen molar-refractivity contribution in [2.24, 2.45) is 11.7 Å². The topological polar surface area (TPSA) is 133 Å². The molecule has 2 saturated heterocycles. The predicted molar refractivity (Wildman–Crippen MR) is 150 cm³/mol. The molecule has 1 aromatic heterocycles. The predicted octanol–water partition coefficient (Wildman–Crippen LogP) is 3.78. The minimum atomic E-state index is -0.612. The lowest BCUT2D eigenvalue weighted by molar-refractivity contribution is -0.119. The summed E-state index contributed by atoms with van der Waals surface area (Å²) in [5.74, 6) is 6.76. The highest BCUT2D eigenvalue weighted by Crippen LogP contribution is 2.34. The number of amides is 3.